The van der Waals surface area contributed by atoms with Gasteiger partial charge < -0.3 is 35.2 Å². The van der Waals surface area contributed by atoms with Crippen LogP contribution in [0.5, 0.6) is 0 Å². The van der Waals surface area contributed by atoms with Gasteiger partial charge in [0.2, 0.25) is 15.7 Å². The van der Waals surface area contributed by atoms with Gasteiger partial charge in [0.25, 0.3) is 0 Å². The molecule has 0 saturated carbocycles. The lowest BCUT2D eigenvalue weighted by atomic mass is 10.1. The van der Waals surface area contributed by atoms with Gasteiger partial charge in [0.15, 0.2) is 0 Å². The van der Waals surface area contributed by atoms with Crippen LogP contribution in [0, 0.1) is 0 Å². The van der Waals surface area contributed by atoms with E-state index in [-0.39, 0.29) is 0 Å². The summed E-state index contributed by atoms with van der Waals surface area (Å²) in [5.74, 6) is 0. The minimum Gasteiger partial charge on any atom is -0.432 e. The average molecular weight is 601 g/mol. The Kier molecular flexibility index (Phi) is 17.5. The van der Waals surface area contributed by atoms with E-state index in [4.69, 9.17) is 25.6 Å². The fourth-order valence-corrected chi connectivity index (χ4v) is 26.7. The maximum atomic E-state index is 11.9. The molecule has 0 spiro atoms. The molecule has 0 aliphatic carbocycles. The summed E-state index contributed by atoms with van der Waals surface area (Å²) < 4.78 is 36.0. The van der Waals surface area contributed by atoms with E-state index >= 15 is 0 Å². The lowest BCUT2D eigenvalue weighted by Gasteiger charge is -2.44. The molecule has 3 unspecified atom stereocenters. The molecule has 0 aliphatic rings. The van der Waals surface area contributed by atoms with Crippen LogP contribution in [0.4, 0.5) is 0 Å². The van der Waals surface area contributed by atoms with Gasteiger partial charge in [0.1, 0.15) is 0 Å². The van der Waals surface area contributed by atoms with Gasteiger partial charge in [-0.1, -0.05) is 84.6 Å². The average Bonchev–Trinajstić information content (AvgIpc) is 2.82. The van der Waals surface area contributed by atoms with Crippen LogP contribution in [0.2, 0.25) is 38.3 Å². The first kappa shape index (κ1) is 36.5. The maximum Gasteiger partial charge on any atom is 0.659 e. The zero-order chi connectivity index (χ0) is 27.9. The molecule has 216 valence electrons. The minimum atomic E-state index is -3.69. The smallest absolute Gasteiger partial charge is 0.432 e. The SMILES string of the molecule is C=C[Si](O)(OC)O[Si](C)(C)O[Si](OC)(OC)O[Si](C)(CCCCCCCC)[Si](C)(O)CCCCCC. The molecule has 0 amide bonds. The van der Waals surface area contributed by atoms with Crippen molar-refractivity contribution in [2.45, 2.75) is 116 Å². The Balaban J connectivity index is 5.87. The van der Waals surface area contributed by atoms with Crippen LogP contribution in [0.1, 0.15) is 78.1 Å². The van der Waals surface area contributed by atoms with E-state index in [0.717, 1.165) is 44.2 Å². The fourth-order valence-electron chi connectivity index (χ4n) is 4.22. The van der Waals surface area contributed by atoms with Crippen LogP contribution in [0.25, 0.3) is 0 Å². The molecule has 0 aromatic heterocycles. The van der Waals surface area contributed by atoms with Gasteiger partial charge in [-0.2, -0.15) is 0 Å². The first-order chi connectivity index (χ1) is 16.7. The molecule has 0 aromatic rings. The molecule has 2 N–H and O–H groups in total. The van der Waals surface area contributed by atoms with Gasteiger partial charge >= 0.3 is 26.4 Å². The summed E-state index contributed by atoms with van der Waals surface area (Å²) in [5, 5.41) is 0. The van der Waals surface area contributed by atoms with Crippen molar-refractivity contribution in [3.63, 3.8) is 0 Å². The van der Waals surface area contributed by atoms with Crippen molar-refractivity contribution >= 4 is 42.1 Å². The topological polar surface area (TPSA) is 95.8 Å². The summed E-state index contributed by atoms with van der Waals surface area (Å²) in [7, 11) is -11.4. The van der Waals surface area contributed by atoms with E-state index in [1.165, 1.54) is 59.1 Å². The van der Waals surface area contributed by atoms with Crippen molar-refractivity contribution in [2.75, 3.05) is 21.3 Å². The predicted molar refractivity (Wildman–Crippen MR) is 158 cm³/mol. The second-order valence-corrected chi connectivity index (χ2v) is 32.0. The van der Waals surface area contributed by atoms with Crippen LogP contribution in [-0.4, -0.2) is 73.0 Å². The molecule has 3 atom stereocenters. The normalized spacial score (nSPS) is 17.9. The van der Waals surface area contributed by atoms with Crippen LogP contribution in [-0.2, 0) is 25.6 Å². The minimum absolute atomic E-state index is 0.799. The maximum absolute atomic E-state index is 11.9. The van der Waals surface area contributed by atoms with E-state index in [2.05, 4.69) is 27.0 Å². The third-order valence-electron chi connectivity index (χ3n) is 6.83. The van der Waals surface area contributed by atoms with Crippen LogP contribution in [0.15, 0.2) is 12.3 Å². The molecule has 8 nitrogen and oxygen atoms in total. The Labute approximate surface area is 226 Å². The highest BCUT2D eigenvalue weighted by molar-refractivity contribution is 7.37. The van der Waals surface area contributed by atoms with E-state index in [0.29, 0.717) is 0 Å². The predicted octanol–water partition coefficient (Wildman–Crippen LogP) is 5.93. The first-order valence-electron chi connectivity index (χ1n) is 13.6. The van der Waals surface area contributed by atoms with Gasteiger partial charge in [0.05, 0.1) is 0 Å². The zero-order valence-corrected chi connectivity index (χ0v) is 29.6. The van der Waals surface area contributed by atoms with E-state index in [9.17, 15) is 9.59 Å². The Morgan fingerprint density at radius 1 is 0.639 bits per heavy atom. The van der Waals surface area contributed by atoms with Gasteiger partial charge in [-0.3, -0.25) is 0 Å². The third-order valence-corrected chi connectivity index (χ3v) is 32.0. The molecule has 0 saturated heterocycles. The fraction of sp³-hybridized carbons (Fsp3) is 0.913. The quantitative estimate of drug-likeness (QED) is 0.110. The molecule has 0 fully saturated rings. The molecule has 0 aliphatic heterocycles. The first-order valence-corrected chi connectivity index (χ1v) is 26.1. The number of hydrogen-bond donors (Lipinski definition) is 2. The van der Waals surface area contributed by atoms with E-state index in [1.807, 2.05) is 6.55 Å². The monoisotopic (exact) mass is 600 g/mol. The van der Waals surface area contributed by atoms with Crippen LogP contribution in [0.3, 0.4) is 0 Å². The molecule has 0 aromatic carbocycles. The van der Waals surface area contributed by atoms with Crippen molar-refractivity contribution in [1.82, 2.24) is 0 Å². The van der Waals surface area contributed by atoms with Crippen LogP contribution >= 0.6 is 0 Å². The second-order valence-electron chi connectivity index (χ2n) is 10.5. The van der Waals surface area contributed by atoms with E-state index in [1.54, 1.807) is 13.1 Å². The van der Waals surface area contributed by atoms with Crippen molar-refractivity contribution in [3.8, 4) is 0 Å². The second kappa shape index (κ2) is 17.2. The molecule has 36 heavy (non-hydrogen) atoms. The molecule has 0 bridgehead atoms. The van der Waals surface area contributed by atoms with E-state index < -0.39 is 42.1 Å². The standard InChI is InChI=1S/C23H56O8Si5/c1-11-14-16-18-19-21-23-34(10,33(9,24)22-20-17-15-12-2)31-36(27-5,28-6)30-32(7,8)29-35(25,13-3)26-4/h13,24-25H,3,11-12,14-23H2,1-2,4-10H3. The Morgan fingerprint density at radius 3 is 1.58 bits per heavy atom. The largest absolute Gasteiger partial charge is 0.659 e. The highest BCUT2D eigenvalue weighted by Crippen LogP contribution is 2.35. The van der Waals surface area contributed by atoms with Gasteiger partial charge in [0, 0.05) is 21.3 Å². The Hall–Kier alpha value is 0.504. The number of unbranched alkanes of at least 4 members (excludes halogenated alkanes) is 8. The zero-order valence-electron chi connectivity index (χ0n) is 24.6. The highest BCUT2D eigenvalue weighted by Gasteiger charge is 2.60. The summed E-state index contributed by atoms with van der Waals surface area (Å²) in [6.45, 7) is 15.8. The summed E-state index contributed by atoms with van der Waals surface area (Å²) in [6.07, 6.45) is 11.5. The Morgan fingerprint density at radius 2 is 1.11 bits per heavy atom. The summed E-state index contributed by atoms with van der Waals surface area (Å²) >= 11 is 0. The van der Waals surface area contributed by atoms with Crippen molar-refractivity contribution in [2.24, 2.45) is 0 Å². The summed E-state index contributed by atoms with van der Waals surface area (Å²) in [5.41, 5.74) is 1.31. The Bertz CT molecular complexity index is 609. The lowest BCUT2D eigenvalue weighted by Crippen LogP contribution is -2.70. The van der Waals surface area contributed by atoms with Gasteiger partial charge in [-0.05, 0) is 44.0 Å². The molecular formula is C23H56O8Si5. The summed E-state index contributed by atoms with van der Waals surface area (Å²) in [4.78, 5) is 22.5. The number of rotatable bonds is 23. The molecule has 13 heteroatoms. The van der Waals surface area contributed by atoms with Crippen LogP contribution < -0.4 is 0 Å². The third kappa shape index (κ3) is 12.6. The molecule has 0 radical (unpaired) electrons. The molecule has 0 heterocycles. The highest BCUT2D eigenvalue weighted by atomic mass is 29.3. The lowest BCUT2D eigenvalue weighted by molar-refractivity contribution is 0.0640. The van der Waals surface area contributed by atoms with Gasteiger partial charge in [-0.25, -0.2) is 0 Å². The summed E-state index contributed by atoms with van der Waals surface area (Å²) in [6, 6.07) is 1.64. The van der Waals surface area contributed by atoms with Crippen molar-refractivity contribution in [1.29, 1.82) is 0 Å². The molecule has 0 rings (SSSR count). The number of hydrogen-bond acceptors (Lipinski definition) is 8. The van der Waals surface area contributed by atoms with Crippen molar-refractivity contribution in [3.05, 3.63) is 12.3 Å². The van der Waals surface area contributed by atoms with Gasteiger partial charge in [-0.15, -0.1) is 0 Å². The van der Waals surface area contributed by atoms with Crippen molar-refractivity contribution < 1.29 is 35.2 Å². The molecular weight excluding hydrogens is 545 g/mol.